The van der Waals surface area contributed by atoms with E-state index in [1.807, 2.05) is 0 Å². The summed E-state index contributed by atoms with van der Waals surface area (Å²) in [7, 11) is 2.08. The van der Waals surface area contributed by atoms with Crippen molar-refractivity contribution in [2.45, 2.75) is 20.3 Å². The van der Waals surface area contributed by atoms with E-state index in [1.54, 1.807) is 0 Å². The second-order valence-electron chi connectivity index (χ2n) is 3.83. The third kappa shape index (κ3) is 6.06. The van der Waals surface area contributed by atoms with Crippen LogP contribution in [0.4, 0.5) is 0 Å². The number of alkyl halides is 1. The number of hydrogen-bond donors (Lipinski definition) is 0. The van der Waals surface area contributed by atoms with Gasteiger partial charge >= 0.3 is 0 Å². The Bertz CT molecular complexity index is 163. The van der Waals surface area contributed by atoms with Crippen molar-refractivity contribution in [2.24, 2.45) is 11.8 Å². The van der Waals surface area contributed by atoms with Gasteiger partial charge in [0.2, 0.25) is 0 Å². The molecule has 0 aromatic rings. The summed E-state index contributed by atoms with van der Waals surface area (Å²) in [6, 6.07) is 2.17. The molecule has 0 radical (unpaired) electrons. The zero-order valence-corrected chi connectivity index (χ0v) is 10.3. The second-order valence-corrected chi connectivity index (χ2v) is 4.48. The monoisotopic (exact) mass is 246 g/mol. The van der Waals surface area contributed by atoms with Gasteiger partial charge in [0.1, 0.15) is 0 Å². The molecule has 76 valence electrons. The van der Waals surface area contributed by atoms with Gasteiger partial charge in [0.05, 0.1) is 6.07 Å². The Balaban J connectivity index is 3.74. The zero-order chi connectivity index (χ0) is 10.3. The molecule has 0 N–H and O–H groups in total. The Morgan fingerprint density at radius 1 is 1.46 bits per heavy atom. The molecule has 0 aliphatic heterocycles. The average Bonchev–Trinajstić information content (AvgIpc) is 2.10. The van der Waals surface area contributed by atoms with E-state index in [-0.39, 0.29) is 0 Å². The molecule has 13 heavy (non-hydrogen) atoms. The van der Waals surface area contributed by atoms with E-state index in [4.69, 9.17) is 5.26 Å². The van der Waals surface area contributed by atoms with Gasteiger partial charge in [-0.05, 0) is 18.9 Å². The smallest absolute Gasteiger partial charge is 0.0635 e. The maximum absolute atomic E-state index is 8.43. The summed E-state index contributed by atoms with van der Waals surface area (Å²) in [4.78, 5) is 2.23. The first-order chi connectivity index (χ1) is 6.11. The molecule has 0 fully saturated rings. The molecule has 0 aliphatic rings. The molecule has 0 aliphatic carbocycles. The molecule has 2 nitrogen and oxygen atoms in total. The highest BCUT2D eigenvalue weighted by Crippen LogP contribution is 2.14. The van der Waals surface area contributed by atoms with Crippen LogP contribution in [0.15, 0.2) is 0 Å². The van der Waals surface area contributed by atoms with Crippen LogP contribution >= 0.6 is 15.9 Å². The Kier molecular flexibility index (Phi) is 7.31. The largest absolute Gasteiger partial charge is 0.305 e. The molecule has 0 saturated heterocycles. The van der Waals surface area contributed by atoms with Gasteiger partial charge in [-0.1, -0.05) is 29.8 Å². The van der Waals surface area contributed by atoms with E-state index in [0.717, 1.165) is 18.4 Å². The van der Waals surface area contributed by atoms with E-state index in [1.165, 1.54) is 0 Å². The minimum atomic E-state index is 0.629. The third-order valence-electron chi connectivity index (χ3n) is 2.29. The van der Waals surface area contributed by atoms with Crippen LogP contribution in [0.3, 0.4) is 0 Å². The van der Waals surface area contributed by atoms with E-state index in [2.05, 4.69) is 47.8 Å². The van der Waals surface area contributed by atoms with Crippen LogP contribution in [0.2, 0.25) is 0 Å². The SMILES string of the molecule is CC(C)C(CBr)CN(C)CCC#N. The van der Waals surface area contributed by atoms with Gasteiger partial charge in [-0.15, -0.1) is 0 Å². The van der Waals surface area contributed by atoms with Crippen LogP contribution in [0, 0.1) is 23.2 Å². The van der Waals surface area contributed by atoms with Crippen LogP contribution < -0.4 is 0 Å². The molecule has 0 spiro atoms. The summed E-state index contributed by atoms with van der Waals surface area (Å²) in [6.07, 6.45) is 0.629. The minimum Gasteiger partial charge on any atom is -0.305 e. The van der Waals surface area contributed by atoms with E-state index in [9.17, 15) is 0 Å². The van der Waals surface area contributed by atoms with Crippen molar-refractivity contribution in [3.05, 3.63) is 0 Å². The fraction of sp³-hybridized carbons (Fsp3) is 0.900. The van der Waals surface area contributed by atoms with Crippen LogP contribution in [0.25, 0.3) is 0 Å². The second kappa shape index (κ2) is 7.34. The first kappa shape index (κ1) is 12.9. The molecule has 0 aromatic heterocycles. The molecule has 0 amide bonds. The molecule has 3 heteroatoms. The molecule has 1 unspecified atom stereocenters. The summed E-state index contributed by atoms with van der Waals surface area (Å²) in [6.45, 7) is 6.44. The first-order valence-electron chi connectivity index (χ1n) is 4.73. The van der Waals surface area contributed by atoms with Crippen LogP contribution in [0.5, 0.6) is 0 Å². The first-order valence-corrected chi connectivity index (χ1v) is 5.85. The minimum absolute atomic E-state index is 0.629. The van der Waals surface area contributed by atoms with Gasteiger partial charge in [0.15, 0.2) is 0 Å². The molecule has 0 aromatic carbocycles. The van der Waals surface area contributed by atoms with Gasteiger partial charge < -0.3 is 4.90 Å². The average molecular weight is 247 g/mol. The Labute approximate surface area is 90.0 Å². The maximum atomic E-state index is 8.43. The molecule has 1 atom stereocenters. The number of nitrogens with zero attached hydrogens (tertiary/aromatic N) is 2. The number of nitriles is 1. The highest BCUT2D eigenvalue weighted by Gasteiger charge is 2.13. The van der Waals surface area contributed by atoms with Crippen molar-refractivity contribution in [1.82, 2.24) is 4.90 Å². The predicted molar refractivity (Wildman–Crippen MR) is 59.8 cm³/mol. The van der Waals surface area contributed by atoms with Crippen LogP contribution in [0.1, 0.15) is 20.3 Å². The van der Waals surface area contributed by atoms with E-state index in [0.29, 0.717) is 18.3 Å². The van der Waals surface area contributed by atoms with Crippen molar-refractivity contribution in [1.29, 1.82) is 5.26 Å². The molecule has 0 bridgehead atoms. The van der Waals surface area contributed by atoms with E-state index >= 15 is 0 Å². The van der Waals surface area contributed by atoms with Crippen molar-refractivity contribution in [3.8, 4) is 6.07 Å². The van der Waals surface area contributed by atoms with Crippen molar-refractivity contribution >= 4 is 15.9 Å². The zero-order valence-electron chi connectivity index (χ0n) is 8.76. The molecular formula is C10H19BrN2. The summed E-state index contributed by atoms with van der Waals surface area (Å²) in [5.74, 6) is 1.38. The summed E-state index contributed by atoms with van der Waals surface area (Å²) in [5.41, 5.74) is 0. The van der Waals surface area contributed by atoms with Gasteiger partial charge in [0.25, 0.3) is 0 Å². The fourth-order valence-electron chi connectivity index (χ4n) is 1.17. The quantitative estimate of drug-likeness (QED) is 0.674. The Morgan fingerprint density at radius 2 is 2.08 bits per heavy atom. The van der Waals surface area contributed by atoms with Crippen molar-refractivity contribution in [3.63, 3.8) is 0 Å². The fourth-order valence-corrected chi connectivity index (χ4v) is 2.12. The lowest BCUT2D eigenvalue weighted by Crippen LogP contribution is -2.30. The lowest BCUT2D eigenvalue weighted by Gasteiger charge is -2.24. The number of halogens is 1. The molecule has 0 heterocycles. The normalized spacial score (nSPS) is 13.3. The summed E-state index contributed by atoms with van der Waals surface area (Å²) < 4.78 is 0. The lowest BCUT2D eigenvalue weighted by molar-refractivity contribution is 0.258. The summed E-state index contributed by atoms with van der Waals surface area (Å²) >= 11 is 3.52. The van der Waals surface area contributed by atoms with Crippen molar-refractivity contribution < 1.29 is 0 Å². The Morgan fingerprint density at radius 3 is 2.46 bits per heavy atom. The molecule has 0 rings (SSSR count). The van der Waals surface area contributed by atoms with Crippen LogP contribution in [-0.2, 0) is 0 Å². The maximum Gasteiger partial charge on any atom is 0.0635 e. The highest BCUT2D eigenvalue weighted by molar-refractivity contribution is 9.09. The summed E-state index contributed by atoms with van der Waals surface area (Å²) in [5, 5.41) is 9.47. The third-order valence-corrected chi connectivity index (χ3v) is 3.12. The van der Waals surface area contributed by atoms with E-state index < -0.39 is 0 Å². The highest BCUT2D eigenvalue weighted by atomic mass is 79.9. The van der Waals surface area contributed by atoms with Gasteiger partial charge in [0, 0.05) is 24.8 Å². The number of rotatable bonds is 6. The van der Waals surface area contributed by atoms with Gasteiger partial charge in [-0.25, -0.2) is 0 Å². The van der Waals surface area contributed by atoms with Crippen LogP contribution in [-0.4, -0.2) is 30.4 Å². The van der Waals surface area contributed by atoms with Crippen molar-refractivity contribution in [2.75, 3.05) is 25.5 Å². The lowest BCUT2D eigenvalue weighted by atomic mass is 9.98. The number of hydrogen-bond acceptors (Lipinski definition) is 2. The predicted octanol–water partition coefficient (Wildman–Crippen LogP) is 2.50. The van der Waals surface area contributed by atoms with Gasteiger partial charge in [-0.3, -0.25) is 0 Å². The van der Waals surface area contributed by atoms with Gasteiger partial charge in [-0.2, -0.15) is 5.26 Å². The topological polar surface area (TPSA) is 27.0 Å². The Hall–Kier alpha value is -0.0700. The molecule has 0 saturated carbocycles. The molecular weight excluding hydrogens is 228 g/mol. The standard InChI is InChI=1S/C10H19BrN2/c1-9(2)10(7-11)8-13(3)6-4-5-12/h9-10H,4,6-8H2,1-3H3.